The molecule has 0 atom stereocenters. The lowest BCUT2D eigenvalue weighted by Gasteiger charge is -2.14. The maximum Gasteiger partial charge on any atom is 0.250 e. The molecule has 0 heterocycles. The molecule has 0 fully saturated rings. The van der Waals surface area contributed by atoms with Gasteiger partial charge in [-0.2, -0.15) is 0 Å². The zero-order chi connectivity index (χ0) is 12.8. The number of carbonyl (C=O) groups is 1. The number of halogens is 1. The number of benzene rings is 1. The molecule has 1 rings (SSSR count). The van der Waals surface area contributed by atoms with E-state index in [4.69, 9.17) is 17.3 Å². The van der Waals surface area contributed by atoms with Crippen LogP contribution in [0.25, 0.3) is 0 Å². The fourth-order valence-electron chi connectivity index (χ4n) is 1.66. The Bertz CT molecular complexity index is 389. The Morgan fingerprint density at radius 3 is 2.59 bits per heavy atom. The quantitative estimate of drug-likeness (QED) is 0.819. The molecule has 0 aliphatic carbocycles. The van der Waals surface area contributed by atoms with Crippen molar-refractivity contribution in [3.05, 3.63) is 28.8 Å². The molecule has 0 aliphatic heterocycles. The Labute approximate surface area is 107 Å². The molecule has 0 radical (unpaired) electrons. The summed E-state index contributed by atoms with van der Waals surface area (Å²) in [5.41, 5.74) is 6.49. The summed E-state index contributed by atoms with van der Waals surface area (Å²) in [5, 5.41) is 3.70. The van der Waals surface area contributed by atoms with Crippen LogP contribution < -0.4 is 11.1 Å². The highest BCUT2D eigenvalue weighted by Gasteiger charge is 2.08. The van der Waals surface area contributed by atoms with E-state index in [9.17, 15) is 4.79 Å². The third-order valence-electron chi connectivity index (χ3n) is 2.98. The Morgan fingerprint density at radius 2 is 2.06 bits per heavy atom. The van der Waals surface area contributed by atoms with Gasteiger partial charge < -0.3 is 11.1 Å². The standard InChI is InChI=1S/C13H19ClN2O/c1-3-9(4-2)8-16-10-5-6-12(14)11(7-10)13(15)17/h5-7,9,16H,3-4,8H2,1-2H3,(H2,15,17). The van der Waals surface area contributed by atoms with Crippen molar-refractivity contribution in [3.63, 3.8) is 0 Å². The zero-order valence-corrected chi connectivity index (χ0v) is 11.1. The van der Waals surface area contributed by atoms with Crippen molar-refractivity contribution < 1.29 is 4.79 Å². The zero-order valence-electron chi connectivity index (χ0n) is 10.3. The molecule has 0 unspecified atom stereocenters. The first-order chi connectivity index (χ1) is 8.08. The Balaban J connectivity index is 2.72. The fourth-order valence-corrected chi connectivity index (χ4v) is 1.87. The van der Waals surface area contributed by atoms with E-state index in [0.29, 0.717) is 16.5 Å². The molecule has 3 N–H and O–H groups in total. The van der Waals surface area contributed by atoms with Crippen LogP contribution in [0.4, 0.5) is 5.69 Å². The average Bonchev–Trinajstić information content (AvgIpc) is 2.32. The van der Waals surface area contributed by atoms with E-state index in [0.717, 1.165) is 25.1 Å². The maximum absolute atomic E-state index is 11.1. The van der Waals surface area contributed by atoms with Crippen molar-refractivity contribution in [3.8, 4) is 0 Å². The van der Waals surface area contributed by atoms with Gasteiger partial charge in [-0.05, 0) is 24.1 Å². The average molecular weight is 255 g/mol. The molecule has 94 valence electrons. The van der Waals surface area contributed by atoms with Gasteiger partial charge in [-0.25, -0.2) is 0 Å². The van der Waals surface area contributed by atoms with Crippen molar-refractivity contribution in [2.75, 3.05) is 11.9 Å². The number of hydrogen-bond acceptors (Lipinski definition) is 2. The topological polar surface area (TPSA) is 55.1 Å². The van der Waals surface area contributed by atoms with E-state index in [2.05, 4.69) is 19.2 Å². The minimum absolute atomic E-state index is 0.362. The van der Waals surface area contributed by atoms with Gasteiger partial charge in [0.05, 0.1) is 10.6 Å². The van der Waals surface area contributed by atoms with Gasteiger partial charge in [-0.3, -0.25) is 4.79 Å². The molecule has 1 aromatic rings. The van der Waals surface area contributed by atoms with Gasteiger partial charge in [-0.15, -0.1) is 0 Å². The molecule has 0 bridgehead atoms. The van der Waals surface area contributed by atoms with Crippen LogP contribution in [0.5, 0.6) is 0 Å². The van der Waals surface area contributed by atoms with Crippen LogP contribution in [-0.4, -0.2) is 12.5 Å². The van der Waals surface area contributed by atoms with Crippen molar-refractivity contribution in [2.45, 2.75) is 26.7 Å². The summed E-state index contributed by atoms with van der Waals surface area (Å²) in [6, 6.07) is 5.25. The highest BCUT2D eigenvalue weighted by molar-refractivity contribution is 6.33. The van der Waals surface area contributed by atoms with Gasteiger partial charge in [0, 0.05) is 12.2 Å². The number of nitrogens with one attached hydrogen (secondary N) is 1. The van der Waals surface area contributed by atoms with Crippen molar-refractivity contribution in [1.29, 1.82) is 0 Å². The van der Waals surface area contributed by atoms with Crippen LogP contribution in [0.2, 0.25) is 5.02 Å². The minimum atomic E-state index is -0.499. The molecule has 0 saturated carbocycles. The van der Waals surface area contributed by atoms with Gasteiger partial charge in [-0.1, -0.05) is 38.3 Å². The summed E-state index contributed by atoms with van der Waals surface area (Å²) < 4.78 is 0. The molecule has 17 heavy (non-hydrogen) atoms. The van der Waals surface area contributed by atoms with Crippen LogP contribution >= 0.6 is 11.6 Å². The second-order valence-electron chi connectivity index (χ2n) is 4.12. The third-order valence-corrected chi connectivity index (χ3v) is 3.31. The van der Waals surface area contributed by atoms with Crippen LogP contribution in [0, 0.1) is 5.92 Å². The minimum Gasteiger partial charge on any atom is -0.385 e. The lowest BCUT2D eigenvalue weighted by atomic mass is 10.0. The number of primary amides is 1. The largest absolute Gasteiger partial charge is 0.385 e. The predicted octanol–water partition coefficient (Wildman–Crippen LogP) is 3.29. The monoisotopic (exact) mass is 254 g/mol. The molecule has 4 heteroatoms. The van der Waals surface area contributed by atoms with E-state index in [-0.39, 0.29) is 0 Å². The molecule has 0 spiro atoms. The van der Waals surface area contributed by atoms with Crippen molar-refractivity contribution in [1.82, 2.24) is 0 Å². The Kier molecular flexibility index (Phi) is 5.29. The second-order valence-corrected chi connectivity index (χ2v) is 4.53. The highest BCUT2D eigenvalue weighted by Crippen LogP contribution is 2.20. The molecule has 0 saturated heterocycles. The number of amides is 1. The Hall–Kier alpha value is -1.22. The van der Waals surface area contributed by atoms with E-state index >= 15 is 0 Å². The summed E-state index contributed by atoms with van der Waals surface area (Å²) >= 11 is 5.88. The summed E-state index contributed by atoms with van der Waals surface area (Å²) in [4.78, 5) is 11.1. The highest BCUT2D eigenvalue weighted by atomic mass is 35.5. The molecule has 1 amide bonds. The maximum atomic E-state index is 11.1. The molecule has 1 aromatic carbocycles. The Morgan fingerprint density at radius 1 is 1.41 bits per heavy atom. The first-order valence-electron chi connectivity index (χ1n) is 5.91. The third kappa shape index (κ3) is 3.93. The number of rotatable bonds is 6. The molecule has 3 nitrogen and oxygen atoms in total. The number of anilines is 1. The van der Waals surface area contributed by atoms with E-state index in [1.807, 2.05) is 6.07 Å². The van der Waals surface area contributed by atoms with E-state index in [1.165, 1.54) is 0 Å². The van der Waals surface area contributed by atoms with Gasteiger partial charge in [0.1, 0.15) is 0 Å². The number of carbonyl (C=O) groups excluding carboxylic acids is 1. The SMILES string of the molecule is CCC(CC)CNc1ccc(Cl)c(C(N)=O)c1. The molecule has 0 aromatic heterocycles. The number of hydrogen-bond donors (Lipinski definition) is 2. The first-order valence-corrected chi connectivity index (χ1v) is 6.29. The normalized spacial score (nSPS) is 10.6. The van der Waals surface area contributed by atoms with Crippen molar-refractivity contribution in [2.24, 2.45) is 11.7 Å². The van der Waals surface area contributed by atoms with E-state index < -0.39 is 5.91 Å². The van der Waals surface area contributed by atoms with Crippen molar-refractivity contribution >= 4 is 23.2 Å². The predicted molar refractivity (Wildman–Crippen MR) is 72.5 cm³/mol. The van der Waals surface area contributed by atoms with Crippen LogP contribution in [0.3, 0.4) is 0 Å². The van der Waals surface area contributed by atoms with Crippen LogP contribution in [0.1, 0.15) is 37.0 Å². The van der Waals surface area contributed by atoms with Gasteiger partial charge in [0.15, 0.2) is 0 Å². The van der Waals surface area contributed by atoms with Gasteiger partial charge in [0.25, 0.3) is 0 Å². The van der Waals surface area contributed by atoms with Gasteiger partial charge in [0.2, 0.25) is 5.91 Å². The summed E-state index contributed by atoms with van der Waals surface area (Å²) in [5.74, 6) is 0.142. The van der Waals surface area contributed by atoms with Crippen LogP contribution in [-0.2, 0) is 0 Å². The summed E-state index contributed by atoms with van der Waals surface area (Å²) in [6.07, 6.45) is 2.28. The summed E-state index contributed by atoms with van der Waals surface area (Å²) in [7, 11) is 0. The second kappa shape index (κ2) is 6.50. The fraction of sp³-hybridized carbons (Fsp3) is 0.462. The van der Waals surface area contributed by atoms with E-state index in [1.54, 1.807) is 12.1 Å². The number of nitrogens with two attached hydrogens (primary N) is 1. The lowest BCUT2D eigenvalue weighted by Crippen LogP contribution is -2.15. The van der Waals surface area contributed by atoms with Crippen LogP contribution in [0.15, 0.2) is 18.2 Å². The van der Waals surface area contributed by atoms with Gasteiger partial charge >= 0.3 is 0 Å². The molecular formula is C13H19ClN2O. The molecule has 0 aliphatic rings. The first kappa shape index (κ1) is 13.8. The lowest BCUT2D eigenvalue weighted by molar-refractivity contribution is 0.100. The summed E-state index contributed by atoms with van der Waals surface area (Å²) in [6.45, 7) is 5.24. The smallest absolute Gasteiger partial charge is 0.250 e. The molecular weight excluding hydrogens is 236 g/mol.